The maximum Gasteiger partial charge on any atom is 0.165 e. The number of ether oxygens (including phenoxy) is 1. The maximum absolute atomic E-state index is 10.8. The first-order valence-electron chi connectivity index (χ1n) is 8.67. The second-order valence-electron chi connectivity index (χ2n) is 6.71. The van der Waals surface area contributed by atoms with Crippen molar-refractivity contribution in [2.45, 2.75) is 31.0 Å². The fourth-order valence-corrected chi connectivity index (χ4v) is 3.61. The molecule has 27 heavy (non-hydrogen) atoms. The zero-order chi connectivity index (χ0) is 19.0. The molecule has 9 heteroatoms. The predicted octanol–water partition coefficient (Wildman–Crippen LogP) is -0.121. The van der Waals surface area contributed by atoms with E-state index in [4.69, 9.17) is 10.5 Å². The van der Waals surface area contributed by atoms with Crippen molar-refractivity contribution in [1.29, 1.82) is 0 Å². The lowest BCUT2D eigenvalue weighted by molar-refractivity contribution is -0.0288. The van der Waals surface area contributed by atoms with Crippen LogP contribution in [0.5, 0.6) is 0 Å². The Morgan fingerprint density at radius 3 is 2.56 bits per heavy atom. The highest BCUT2D eigenvalue weighted by atomic mass is 16.5. The molecule has 3 aromatic rings. The molecule has 5 unspecified atom stereocenters. The quantitative estimate of drug-likeness (QED) is 0.487. The van der Waals surface area contributed by atoms with Gasteiger partial charge in [0.25, 0.3) is 0 Å². The number of nitrogens with two attached hydrogens (primary N) is 1. The summed E-state index contributed by atoms with van der Waals surface area (Å²) in [6.45, 7) is 0.462. The van der Waals surface area contributed by atoms with E-state index in [9.17, 15) is 15.3 Å². The average molecular weight is 371 g/mol. The van der Waals surface area contributed by atoms with Crippen LogP contribution in [0.2, 0.25) is 0 Å². The molecule has 0 aliphatic heterocycles. The largest absolute Gasteiger partial charge is 0.390 e. The van der Waals surface area contributed by atoms with Gasteiger partial charge in [0.15, 0.2) is 11.5 Å². The molecular weight excluding hydrogens is 350 g/mol. The summed E-state index contributed by atoms with van der Waals surface area (Å²) in [5.41, 5.74) is 7.56. The van der Waals surface area contributed by atoms with Crippen LogP contribution in [0.15, 0.2) is 43.0 Å². The van der Waals surface area contributed by atoms with E-state index >= 15 is 0 Å². The summed E-state index contributed by atoms with van der Waals surface area (Å²) in [7, 11) is 0. The van der Waals surface area contributed by atoms with Crippen molar-refractivity contribution >= 4 is 17.0 Å². The molecule has 0 spiro atoms. The van der Waals surface area contributed by atoms with E-state index in [0.29, 0.717) is 17.8 Å². The second-order valence-corrected chi connectivity index (χ2v) is 6.71. The molecule has 9 nitrogen and oxygen atoms in total. The fraction of sp³-hybridized carbons (Fsp3) is 0.389. The Balaban J connectivity index is 1.52. The maximum atomic E-state index is 10.8. The normalized spacial score (nSPS) is 28.0. The first-order valence-corrected chi connectivity index (χ1v) is 8.67. The minimum absolute atomic E-state index is 0.106. The molecule has 0 amide bonds. The van der Waals surface area contributed by atoms with Crippen LogP contribution in [0.3, 0.4) is 0 Å². The van der Waals surface area contributed by atoms with Crippen molar-refractivity contribution in [3.05, 3.63) is 48.5 Å². The van der Waals surface area contributed by atoms with Crippen LogP contribution in [0, 0.1) is 5.92 Å². The molecule has 142 valence electrons. The monoisotopic (exact) mass is 371 g/mol. The van der Waals surface area contributed by atoms with Gasteiger partial charge >= 0.3 is 0 Å². The Labute approximate surface area is 155 Å². The van der Waals surface area contributed by atoms with Crippen LogP contribution >= 0.6 is 0 Å². The summed E-state index contributed by atoms with van der Waals surface area (Å²) in [6.07, 6.45) is -0.650. The number of rotatable bonds is 5. The van der Waals surface area contributed by atoms with Crippen molar-refractivity contribution < 1.29 is 20.1 Å². The van der Waals surface area contributed by atoms with Crippen LogP contribution < -0.4 is 5.73 Å². The Hall–Kier alpha value is -2.59. The van der Waals surface area contributed by atoms with Gasteiger partial charge in [0.05, 0.1) is 37.8 Å². The molecule has 5 atom stereocenters. The summed E-state index contributed by atoms with van der Waals surface area (Å²) in [4.78, 5) is 12.2. The fourth-order valence-electron chi connectivity index (χ4n) is 3.61. The number of fused-ring (bicyclic) bond motifs is 1. The lowest BCUT2D eigenvalue weighted by Gasteiger charge is -2.21. The van der Waals surface area contributed by atoms with Gasteiger partial charge in [-0.2, -0.15) is 0 Å². The molecule has 0 saturated heterocycles. The highest BCUT2D eigenvalue weighted by Gasteiger charge is 2.50. The van der Waals surface area contributed by atoms with Crippen LogP contribution in [-0.2, 0) is 11.3 Å². The Morgan fingerprint density at radius 2 is 1.78 bits per heavy atom. The highest BCUT2D eigenvalue weighted by Crippen LogP contribution is 2.37. The standard InChI is InChI=1S/C18H21N5O4/c19-17-12-18(21-8-20-17)23(9-22-12)13-14(24)11(15(25)16(13)26)7-27-6-10-4-2-1-3-5-10/h1-5,8-9,11,13-16,24-26H,6-7H2,(H2,19,20,21). The third-order valence-electron chi connectivity index (χ3n) is 5.06. The molecule has 2 aromatic heterocycles. The first kappa shape index (κ1) is 17.8. The number of hydrogen-bond donors (Lipinski definition) is 4. The lowest BCUT2D eigenvalue weighted by Crippen LogP contribution is -2.31. The molecular formula is C18H21N5O4. The molecule has 1 aliphatic carbocycles. The third kappa shape index (κ3) is 3.15. The third-order valence-corrected chi connectivity index (χ3v) is 5.06. The average Bonchev–Trinajstić information content (AvgIpc) is 3.18. The number of benzene rings is 1. The number of aromatic nitrogens is 4. The van der Waals surface area contributed by atoms with Crippen molar-refractivity contribution in [3.63, 3.8) is 0 Å². The van der Waals surface area contributed by atoms with Crippen molar-refractivity contribution in [2.75, 3.05) is 12.3 Å². The summed E-state index contributed by atoms with van der Waals surface area (Å²) in [5.74, 6) is -0.436. The molecule has 1 saturated carbocycles. The van der Waals surface area contributed by atoms with Crippen LogP contribution in [0.4, 0.5) is 5.82 Å². The molecule has 0 bridgehead atoms. The van der Waals surface area contributed by atoms with Gasteiger partial charge in [0, 0.05) is 5.92 Å². The number of nitrogen functional groups attached to an aromatic ring is 1. The van der Waals surface area contributed by atoms with E-state index < -0.39 is 30.3 Å². The smallest absolute Gasteiger partial charge is 0.165 e. The van der Waals surface area contributed by atoms with Crippen LogP contribution in [0.1, 0.15) is 11.6 Å². The topological polar surface area (TPSA) is 140 Å². The molecule has 2 heterocycles. The number of anilines is 1. The van der Waals surface area contributed by atoms with Crippen molar-refractivity contribution in [2.24, 2.45) is 5.92 Å². The summed E-state index contributed by atoms with van der Waals surface area (Å²) < 4.78 is 7.19. The van der Waals surface area contributed by atoms with Gasteiger partial charge in [0.2, 0.25) is 0 Å². The van der Waals surface area contributed by atoms with Gasteiger partial charge in [-0.1, -0.05) is 30.3 Å². The van der Waals surface area contributed by atoms with Crippen LogP contribution in [0.25, 0.3) is 11.2 Å². The Morgan fingerprint density at radius 1 is 1.00 bits per heavy atom. The number of aliphatic hydroxyl groups is 3. The summed E-state index contributed by atoms with van der Waals surface area (Å²) in [5, 5.41) is 31.7. The van der Waals surface area contributed by atoms with E-state index in [1.807, 2.05) is 30.3 Å². The van der Waals surface area contributed by atoms with E-state index in [1.165, 1.54) is 17.2 Å². The molecule has 1 aromatic carbocycles. The highest BCUT2D eigenvalue weighted by molar-refractivity contribution is 5.81. The van der Waals surface area contributed by atoms with Crippen LogP contribution in [-0.4, -0.2) is 59.8 Å². The molecule has 1 aliphatic rings. The summed E-state index contributed by atoms with van der Waals surface area (Å²) in [6, 6.07) is 8.79. The molecule has 0 radical (unpaired) electrons. The SMILES string of the molecule is Nc1ncnc2c1ncn2C1C(O)C(O)C(COCc2ccccc2)C1O. The Kier molecular flexibility index (Phi) is 4.75. The number of aliphatic hydroxyl groups excluding tert-OH is 3. The van der Waals surface area contributed by atoms with Gasteiger partial charge < -0.3 is 30.4 Å². The van der Waals surface area contributed by atoms with Gasteiger partial charge in [0.1, 0.15) is 17.9 Å². The Bertz CT molecular complexity index is 919. The van der Waals surface area contributed by atoms with E-state index in [0.717, 1.165) is 5.56 Å². The minimum Gasteiger partial charge on any atom is -0.390 e. The zero-order valence-electron chi connectivity index (χ0n) is 14.5. The number of nitrogens with zero attached hydrogens (tertiary/aromatic N) is 4. The zero-order valence-corrected chi connectivity index (χ0v) is 14.5. The first-order chi connectivity index (χ1) is 13.1. The number of hydrogen-bond acceptors (Lipinski definition) is 8. The summed E-state index contributed by atoms with van der Waals surface area (Å²) >= 11 is 0. The van der Waals surface area contributed by atoms with E-state index in [2.05, 4.69) is 15.0 Å². The van der Waals surface area contributed by atoms with Gasteiger partial charge in [-0.05, 0) is 5.56 Å². The minimum atomic E-state index is -1.20. The molecule has 4 rings (SSSR count). The van der Waals surface area contributed by atoms with E-state index in [1.54, 1.807) is 0 Å². The molecule has 1 fully saturated rings. The van der Waals surface area contributed by atoms with Gasteiger partial charge in [-0.3, -0.25) is 0 Å². The van der Waals surface area contributed by atoms with Gasteiger partial charge in [-0.25, -0.2) is 15.0 Å². The van der Waals surface area contributed by atoms with E-state index in [-0.39, 0.29) is 12.4 Å². The van der Waals surface area contributed by atoms with Crippen molar-refractivity contribution in [3.8, 4) is 0 Å². The lowest BCUT2D eigenvalue weighted by atomic mass is 10.0. The van der Waals surface area contributed by atoms with Gasteiger partial charge in [-0.15, -0.1) is 0 Å². The number of imidazole rings is 1. The molecule has 5 N–H and O–H groups in total. The van der Waals surface area contributed by atoms with Crippen molar-refractivity contribution in [1.82, 2.24) is 19.5 Å². The predicted molar refractivity (Wildman–Crippen MR) is 96.4 cm³/mol. The second kappa shape index (κ2) is 7.20.